The van der Waals surface area contributed by atoms with E-state index in [0.717, 1.165) is 29.1 Å². The van der Waals surface area contributed by atoms with Crippen molar-refractivity contribution in [1.82, 2.24) is 14.8 Å². The first-order valence-electron chi connectivity index (χ1n) is 10.8. The van der Waals surface area contributed by atoms with Gasteiger partial charge in [0.05, 0.1) is 12.9 Å². The molecule has 0 saturated heterocycles. The highest BCUT2D eigenvalue weighted by Gasteiger charge is 2.17. The molecule has 0 fully saturated rings. The number of thioether (sulfide) groups is 1. The van der Waals surface area contributed by atoms with E-state index in [4.69, 9.17) is 4.74 Å². The molecule has 0 bridgehead atoms. The zero-order valence-electron chi connectivity index (χ0n) is 18.9. The van der Waals surface area contributed by atoms with Gasteiger partial charge in [-0.2, -0.15) is 0 Å². The molecule has 6 nitrogen and oxygen atoms in total. The topological polar surface area (TPSA) is 69.0 Å². The minimum Gasteiger partial charge on any atom is -0.497 e. The van der Waals surface area contributed by atoms with Crippen LogP contribution in [0.25, 0.3) is 17.1 Å². The molecular weight excluding hydrogens is 432 g/mol. The summed E-state index contributed by atoms with van der Waals surface area (Å²) in [6.45, 7) is 4.15. The van der Waals surface area contributed by atoms with Gasteiger partial charge >= 0.3 is 0 Å². The van der Waals surface area contributed by atoms with Crippen LogP contribution in [0.2, 0.25) is 0 Å². The molecule has 33 heavy (non-hydrogen) atoms. The highest BCUT2D eigenvalue weighted by atomic mass is 32.2. The van der Waals surface area contributed by atoms with Crippen LogP contribution in [0, 0.1) is 6.92 Å². The van der Waals surface area contributed by atoms with Crippen molar-refractivity contribution in [1.29, 1.82) is 0 Å². The summed E-state index contributed by atoms with van der Waals surface area (Å²) in [6.07, 6.45) is 0.968. The first-order chi connectivity index (χ1) is 16.1. The van der Waals surface area contributed by atoms with Crippen molar-refractivity contribution < 1.29 is 9.53 Å². The molecule has 3 aromatic carbocycles. The number of ether oxygens (including phenoxy) is 1. The quantitative estimate of drug-likeness (QED) is 0.351. The average Bonchev–Trinajstić information content (AvgIpc) is 3.27. The van der Waals surface area contributed by atoms with Gasteiger partial charge in [0.15, 0.2) is 11.0 Å². The Labute approximate surface area is 198 Å². The SMILES string of the molecule is CCc1ccc(NC(=O)CSc2nnc(-c3ccc(OC)cc3)n2-c2ccc(C)cc2)cc1. The summed E-state index contributed by atoms with van der Waals surface area (Å²) >= 11 is 1.36. The molecule has 0 atom stereocenters. The summed E-state index contributed by atoms with van der Waals surface area (Å²) < 4.78 is 7.25. The van der Waals surface area contributed by atoms with E-state index in [1.165, 1.54) is 22.9 Å². The third-order valence-corrected chi connectivity index (χ3v) is 6.18. The number of anilines is 1. The van der Waals surface area contributed by atoms with Gasteiger partial charge in [-0.1, -0.05) is 48.5 Å². The van der Waals surface area contributed by atoms with Crippen molar-refractivity contribution in [2.45, 2.75) is 25.4 Å². The van der Waals surface area contributed by atoms with Gasteiger partial charge < -0.3 is 10.1 Å². The van der Waals surface area contributed by atoms with Gasteiger partial charge in [-0.15, -0.1) is 10.2 Å². The van der Waals surface area contributed by atoms with Crippen LogP contribution in [-0.4, -0.2) is 33.5 Å². The van der Waals surface area contributed by atoms with Gasteiger partial charge in [-0.05, 0) is 67.4 Å². The van der Waals surface area contributed by atoms with E-state index in [1.807, 2.05) is 84.3 Å². The maximum absolute atomic E-state index is 12.6. The van der Waals surface area contributed by atoms with Crippen molar-refractivity contribution >= 4 is 23.4 Å². The Morgan fingerprint density at radius 2 is 1.67 bits per heavy atom. The fraction of sp³-hybridized carbons (Fsp3) is 0.192. The van der Waals surface area contributed by atoms with Gasteiger partial charge in [0.1, 0.15) is 5.75 Å². The lowest BCUT2D eigenvalue weighted by Gasteiger charge is -2.11. The summed E-state index contributed by atoms with van der Waals surface area (Å²) in [5.41, 5.74) is 5.04. The molecule has 0 aliphatic carbocycles. The Morgan fingerprint density at radius 1 is 0.970 bits per heavy atom. The van der Waals surface area contributed by atoms with Crippen LogP contribution in [0.4, 0.5) is 5.69 Å². The predicted molar refractivity (Wildman–Crippen MR) is 133 cm³/mol. The summed E-state index contributed by atoms with van der Waals surface area (Å²) in [4.78, 5) is 12.6. The molecule has 7 heteroatoms. The average molecular weight is 459 g/mol. The molecule has 0 radical (unpaired) electrons. The molecule has 4 aromatic rings. The second kappa shape index (κ2) is 10.4. The molecule has 168 valence electrons. The number of hydrogen-bond donors (Lipinski definition) is 1. The first kappa shape index (κ1) is 22.6. The van der Waals surface area contributed by atoms with Crippen molar-refractivity contribution in [3.05, 3.63) is 83.9 Å². The minimum absolute atomic E-state index is 0.0892. The van der Waals surface area contributed by atoms with Crippen LogP contribution in [0.5, 0.6) is 5.75 Å². The van der Waals surface area contributed by atoms with Crippen LogP contribution in [0.1, 0.15) is 18.1 Å². The molecule has 0 spiro atoms. The number of aryl methyl sites for hydroxylation is 2. The Kier molecular flexibility index (Phi) is 7.10. The molecule has 0 unspecified atom stereocenters. The zero-order chi connectivity index (χ0) is 23.2. The van der Waals surface area contributed by atoms with Crippen LogP contribution in [0.3, 0.4) is 0 Å². The molecule has 1 N–H and O–H groups in total. The Hall–Kier alpha value is -3.58. The van der Waals surface area contributed by atoms with Crippen LogP contribution in [-0.2, 0) is 11.2 Å². The van der Waals surface area contributed by atoms with Crippen molar-refractivity contribution in [2.24, 2.45) is 0 Å². The molecule has 1 amide bonds. The Balaban J connectivity index is 1.57. The number of amides is 1. The van der Waals surface area contributed by atoms with Crippen molar-refractivity contribution in [3.63, 3.8) is 0 Å². The molecule has 4 rings (SSSR count). The third-order valence-electron chi connectivity index (χ3n) is 5.25. The second-order valence-electron chi connectivity index (χ2n) is 7.59. The number of carbonyl (C=O) groups is 1. The normalized spacial score (nSPS) is 10.8. The Morgan fingerprint density at radius 3 is 2.30 bits per heavy atom. The number of nitrogens with one attached hydrogen (secondary N) is 1. The lowest BCUT2D eigenvalue weighted by molar-refractivity contribution is -0.113. The van der Waals surface area contributed by atoms with Crippen LogP contribution < -0.4 is 10.1 Å². The Bertz CT molecular complexity index is 1220. The summed E-state index contributed by atoms with van der Waals surface area (Å²) in [6, 6.07) is 23.8. The lowest BCUT2D eigenvalue weighted by Crippen LogP contribution is -2.14. The van der Waals surface area contributed by atoms with Crippen molar-refractivity contribution in [3.8, 4) is 22.8 Å². The maximum Gasteiger partial charge on any atom is 0.234 e. The fourth-order valence-corrected chi connectivity index (χ4v) is 4.12. The molecule has 0 saturated carbocycles. The number of nitrogens with zero attached hydrogens (tertiary/aromatic N) is 3. The van der Waals surface area contributed by atoms with Gasteiger partial charge in [0, 0.05) is 16.9 Å². The molecule has 0 aliphatic heterocycles. The van der Waals surface area contributed by atoms with E-state index in [-0.39, 0.29) is 11.7 Å². The summed E-state index contributed by atoms with van der Waals surface area (Å²) in [5, 5.41) is 12.4. The van der Waals surface area contributed by atoms with E-state index in [1.54, 1.807) is 7.11 Å². The molecular formula is C26H26N4O2S. The van der Waals surface area contributed by atoms with Gasteiger partial charge in [-0.25, -0.2) is 0 Å². The monoisotopic (exact) mass is 458 g/mol. The van der Waals surface area contributed by atoms with E-state index in [0.29, 0.717) is 11.0 Å². The van der Waals surface area contributed by atoms with E-state index < -0.39 is 0 Å². The van der Waals surface area contributed by atoms with Gasteiger partial charge in [0.25, 0.3) is 0 Å². The largest absolute Gasteiger partial charge is 0.497 e. The second-order valence-corrected chi connectivity index (χ2v) is 8.54. The highest BCUT2D eigenvalue weighted by molar-refractivity contribution is 7.99. The third kappa shape index (κ3) is 5.43. The molecule has 1 aromatic heterocycles. The number of hydrogen-bond acceptors (Lipinski definition) is 5. The van der Waals surface area contributed by atoms with Crippen LogP contribution in [0.15, 0.2) is 78.0 Å². The highest BCUT2D eigenvalue weighted by Crippen LogP contribution is 2.29. The lowest BCUT2D eigenvalue weighted by atomic mass is 10.1. The predicted octanol–water partition coefficient (Wildman–Crippen LogP) is 5.54. The van der Waals surface area contributed by atoms with Gasteiger partial charge in [0.2, 0.25) is 5.91 Å². The summed E-state index contributed by atoms with van der Waals surface area (Å²) in [7, 11) is 1.64. The number of aromatic nitrogens is 3. The smallest absolute Gasteiger partial charge is 0.234 e. The molecule has 0 aliphatic rings. The van der Waals surface area contributed by atoms with E-state index in [2.05, 4.69) is 22.4 Å². The first-order valence-corrected chi connectivity index (χ1v) is 11.7. The van der Waals surface area contributed by atoms with Gasteiger partial charge in [-0.3, -0.25) is 9.36 Å². The minimum atomic E-state index is -0.0892. The van der Waals surface area contributed by atoms with E-state index >= 15 is 0 Å². The van der Waals surface area contributed by atoms with Crippen molar-refractivity contribution in [2.75, 3.05) is 18.2 Å². The number of benzene rings is 3. The fourth-order valence-electron chi connectivity index (χ4n) is 3.37. The number of methoxy groups -OCH3 is 1. The number of carbonyl (C=O) groups excluding carboxylic acids is 1. The van der Waals surface area contributed by atoms with Crippen LogP contribution >= 0.6 is 11.8 Å². The molecule has 1 heterocycles. The summed E-state index contributed by atoms with van der Waals surface area (Å²) in [5.74, 6) is 1.62. The standard InChI is InChI=1S/C26H26N4O2S/c1-4-19-7-11-21(12-8-19)27-24(31)17-33-26-29-28-25(20-9-15-23(32-3)16-10-20)30(26)22-13-5-18(2)6-14-22/h5-16H,4,17H2,1-3H3,(H,27,31). The van der Waals surface area contributed by atoms with E-state index in [9.17, 15) is 4.79 Å². The number of rotatable bonds is 8. The zero-order valence-corrected chi connectivity index (χ0v) is 19.7. The maximum atomic E-state index is 12.6.